The lowest BCUT2D eigenvalue weighted by Gasteiger charge is -2.12. The lowest BCUT2D eigenvalue weighted by molar-refractivity contribution is -0.127. The Kier molecular flexibility index (Phi) is 7.83. The number of phenolic OH excluding ortho intramolecular Hbond substituents is 1. The molecule has 2 N–H and O–H groups in total. The first kappa shape index (κ1) is 17.5. The number of ketones is 1. The third kappa shape index (κ3) is 5.76. The number of ether oxygens (including phenoxy) is 1. The molecule has 0 amide bonds. The van der Waals surface area contributed by atoms with Crippen LogP contribution in [0.25, 0.3) is 0 Å². The number of hydrogen-bond donors (Lipinski definition) is 2. The van der Waals surface area contributed by atoms with Gasteiger partial charge >= 0.3 is 0 Å². The van der Waals surface area contributed by atoms with E-state index in [4.69, 9.17) is 4.74 Å². The minimum Gasteiger partial charge on any atom is -0.504 e. The van der Waals surface area contributed by atoms with E-state index in [-0.39, 0.29) is 17.3 Å². The second-order valence-corrected chi connectivity index (χ2v) is 5.32. The molecule has 1 aromatic rings. The van der Waals surface area contributed by atoms with E-state index in [1.54, 1.807) is 6.07 Å². The van der Waals surface area contributed by atoms with Gasteiger partial charge in [0.05, 0.1) is 7.11 Å². The number of aliphatic hydroxyl groups excluding tert-OH is 1. The normalized spacial score (nSPS) is 12.1. The maximum absolute atomic E-state index is 12.0. The third-order valence-corrected chi connectivity index (χ3v) is 3.60. The van der Waals surface area contributed by atoms with E-state index in [2.05, 4.69) is 6.92 Å². The molecule has 0 aliphatic carbocycles. The van der Waals surface area contributed by atoms with Crippen molar-refractivity contribution < 1.29 is 19.7 Å². The maximum atomic E-state index is 12.0. The van der Waals surface area contributed by atoms with Crippen LogP contribution in [0, 0.1) is 0 Å². The fourth-order valence-corrected chi connectivity index (χ4v) is 2.27. The summed E-state index contributed by atoms with van der Waals surface area (Å²) in [5, 5.41) is 19.6. The molecule has 0 radical (unpaired) electrons. The fourth-order valence-electron chi connectivity index (χ4n) is 2.27. The van der Waals surface area contributed by atoms with Gasteiger partial charge in [0.25, 0.3) is 0 Å². The molecule has 0 aliphatic rings. The SMILES string of the molecule is CCCCCCCCC(=O)C(O)c1ccc(O)c(OC)c1. The lowest BCUT2D eigenvalue weighted by atomic mass is 10.00. The minimum absolute atomic E-state index is 0.00294. The van der Waals surface area contributed by atoms with Crippen LogP contribution in [0.4, 0.5) is 0 Å². The van der Waals surface area contributed by atoms with E-state index < -0.39 is 6.10 Å². The monoisotopic (exact) mass is 294 g/mol. The highest BCUT2D eigenvalue weighted by molar-refractivity contribution is 5.84. The number of carbonyl (C=O) groups excluding carboxylic acids is 1. The van der Waals surface area contributed by atoms with Crippen LogP contribution in [0.15, 0.2) is 18.2 Å². The topological polar surface area (TPSA) is 66.8 Å². The number of methoxy groups -OCH3 is 1. The van der Waals surface area contributed by atoms with E-state index in [1.807, 2.05) is 0 Å². The molecular formula is C17H26O4. The molecule has 0 bridgehead atoms. The van der Waals surface area contributed by atoms with Crippen molar-refractivity contribution in [3.05, 3.63) is 23.8 Å². The average Bonchev–Trinajstić information content (AvgIpc) is 2.50. The minimum atomic E-state index is -1.14. The molecule has 118 valence electrons. The Hall–Kier alpha value is -1.55. The number of carbonyl (C=O) groups is 1. The molecule has 0 saturated heterocycles. The Morgan fingerprint density at radius 3 is 2.52 bits per heavy atom. The summed E-state index contributed by atoms with van der Waals surface area (Å²) in [7, 11) is 1.43. The van der Waals surface area contributed by atoms with Crippen LogP contribution in [-0.4, -0.2) is 23.1 Å². The van der Waals surface area contributed by atoms with Gasteiger partial charge in [0.15, 0.2) is 17.3 Å². The Balaban J connectivity index is 2.43. The summed E-state index contributed by atoms with van der Waals surface area (Å²) in [6.07, 6.45) is 5.88. The van der Waals surface area contributed by atoms with Crippen LogP contribution in [0.3, 0.4) is 0 Å². The predicted octanol–water partition coefficient (Wildman–Crippen LogP) is 3.75. The highest BCUT2D eigenvalue weighted by atomic mass is 16.5. The number of hydrogen-bond acceptors (Lipinski definition) is 4. The number of aromatic hydroxyl groups is 1. The summed E-state index contributed by atoms with van der Waals surface area (Å²) >= 11 is 0. The van der Waals surface area contributed by atoms with Crippen molar-refractivity contribution in [2.24, 2.45) is 0 Å². The van der Waals surface area contributed by atoms with Crippen molar-refractivity contribution in [3.8, 4) is 11.5 Å². The van der Waals surface area contributed by atoms with Crippen LogP contribution in [0.5, 0.6) is 11.5 Å². The molecule has 1 unspecified atom stereocenters. The van der Waals surface area contributed by atoms with Crippen molar-refractivity contribution in [2.45, 2.75) is 58.0 Å². The van der Waals surface area contributed by atoms with Gasteiger partial charge in [0.1, 0.15) is 6.10 Å². The lowest BCUT2D eigenvalue weighted by Crippen LogP contribution is -2.11. The summed E-state index contributed by atoms with van der Waals surface area (Å²) in [4.78, 5) is 12.0. The van der Waals surface area contributed by atoms with Gasteiger partial charge in [-0.05, 0) is 24.1 Å². The van der Waals surface area contributed by atoms with Crippen LogP contribution in [0.2, 0.25) is 0 Å². The van der Waals surface area contributed by atoms with Crippen LogP contribution in [-0.2, 0) is 4.79 Å². The molecular weight excluding hydrogens is 268 g/mol. The molecule has 1 atom stereocenters. The van der Waals surface area contributed by atoms with Crippen LogP contribution >= 0.6 is 0 Å². The van der Waals surface area contributed by atoms with Gasteiger partial charge in [-0.15, -0.1) is 0 Å². The van der Waals surface area contributed by atoms with Crippen LogP contribution in [0.1, 0.15) is 63.5 Å². The Bertz CT molecular complexity index is 442. The average molecular weight is 294 g/mol. The highest BCUT2D eigenvalue weighted by Gasteiger charge is 2.18. The van der Waals surface area contributed by atoms with Gasteiger partial charge < -0.3 is 14.9 Å². The smallest absolute Gasteiger partial charge is 0.165 e. The summed E-state index contributed by atoms with van der Waals surface area (Å²) < 4.78 is 4.98. The molecule has 0 spiro atoms. The Labute approximate surface area is 126 Å². The zero-order valence-corrected chi connectivity index (χ0v) is 13.0. The van der Waals surface area contributed by atoms with E-state index in [0.717, 1.165) is 19.3 Å². The van der Waals surface area contributed by atoms with Crippen molar-refractivity contribution in [2.75, 3.05) is 7.11 Å². The zero-order chi connectivity index (χ0) is 15.7. The Morgan fingerprint density at radius 2 is 1.86 bits per heavy atom. The number of aliphatic hydroxyl groups is 1. The second-order valence-electron chi connectivity index (χ2n) is 5.32. The highest BCUT2D eigenvalue weighted by Crippen LogP contribution is 2.29. The largest absolute Gasteiger partial charge is 0.504 e. The van der Waals surface area contributed by atoms with Crippen molar-refractivity contribution >= 4 is 5.78 Å². The molecule has 21 heavy (non-hydrogen) atoms. The first-order chi connectivity index (χ1) is 10.1. The molecule has 1 aromatic carbocycles. The molecule has 0 aromatic heterocycles. The third-order valence-electron chi connectivity index (χ3n) is 3.60. The molecule has 0 aliphatic heterocycles. The number of rotatable bonds is 10. The molecule has 1 rings (SSSR count). The summed E-state index contributed by atoms with van der Waals surface area (Å²) in [6, 6.07) is 4.47. The quantitative estimate of drug-likeness (QED) is 0.645. The molecule has 0 saturated carbocycles. The van der Waals surface area contributed by atoms with E-state index >= 15 is 0 Å². The first-order valence-electron chi connectivity index (χ1n) is 7.67. The van der Waals surface area contributed by atoms with Crippen LogP contribution < -0.4 is 4.74 Å². The van der Waals surface area contributed by atoms with Crippen molar-refractivity contribution in [1.29, 1.82) is 0 Å². The van der Waals surface area contributed by atoms with Gasteiger partial charge in [0, 0.05) is 6.42 Å². The molecule has 0 fully saturated rings. The summed E-state index contributed by atoms with van der Waals surface area (Å²) in [6.45, 7) is 2.17. The van der Waals surface area contributed by atoms with Gasteiger partial charge in [-0.25, -0.2) is 0 Å². The van der Waals surface area contributed by atoms with Gasteiger partial charge in [-0.1, -0.05) is 45.1 Å². The van der Waals surface area contributed by atoms with E-state index in [1.165, 1.54) is 38.5 Å². The second kappa shape index (κ2) is 9.40. The number of phenols is 1. The summed E-state index contributed by atoms with van der Waals surface area (Å²) in [5.74, 6) is 0.0778. The van der Waals surface area contributed by atoms with Crippen molar-refractivity contribution in [3.63, 3.8) is 0 Å². The van der Waals surface area contributed by atoms with Gasteiger partial charge in [-0.2, -0.15) is 0 Å². The van der Waals surface area contributed by atoms with E-state index in [9.17, 15) is 15.0 Å². The van der Waals surface area contributed by atoms with Crippen molar-refractivity contribution in [1.82, 2.24) is 0 Å². The summed E-state index contributed by atoms with van der Waals surface area (Å²) in [5.41, 5.74) is 0.459. The number of benzene rings is 1. The number of unbranched alkanes of at least 4 members (excludes halogenated alkanes) is 5. The molecule has 4 heteroatoms. The van der Waals surface area contributed by atoms with Gasteiger partial charge in [-0.3, -0.25) is 4.79 Å². The van der Waals surface area contributed by atoms with E-state index in [0.29, 0.717) is 12.0 Å². The first-order valence-corrected chi connectivity index (χ1v) is 7.67. The fraction of sp³-hybridized carbons (Fsp3) is 0.588. The standard InChI is InChI=1S/C17H26O4/c1-3-4-5-6-7-8-9-15(19)17(20)13-10-11-14(18)16(12-13)21-2/h10-12,17-18,20H,3-9H2,1-2H3. The maximum Gasteiger partial charge on any atom is 0.165 e. The molecule has 4 nitrogen and oxygen atoms in total. The van der Waals surface area contributed by atoms with Gasteiger partial charge in [0.2, 0.25) is 0 Å². The Morgan fingerprint density at radius 1 is 1.19 bits per heavy atom. The predicted molar refractivity (Wildman–Crippen MR) is 82.6 cm³/mol. The number of Topliss-reactive ketones (excluding diaryl/α,β-unsaturated/α-hetero) is 1. The molecule has 0 heterocycles. The zero-order valence-electron chi connectivity index (χ0n) is 13.0.